The molecule has 30 heavy (non-hydrogen) atoms. The molecule has 3 rings (SSSR count). The van der Waals surface area contributed by atoms with E-state index in [0.29, 0.717) is 12.1 Å². The number of carbonyl (C=O) groups is 1. The van der Waals surface area contributed by atoms with Crippen LogP contribution in [0.4, 0.5) is 23.2 Å². The fourth-order valence-electron chi connectivity index (χ4n) is 3.55. The maximum absolute atomic E-state index is 14.9. The van der Waals surface area contributed by atoms with Crippen molar-refractivity contribution in [3.8, 4) is 0 Å². The topological polar surface area (TPSA) is 93.1 Å². The zero-order valence-corrected chi connectivity index (χ0v) is 17.2. The van der Waals surface area contributed by atoms with Gasteiger partial charge in [0.05, 0.1) is 0 Å². The molecule has 12 heteroatoms. The molecule has 1 aliphatic rings. The van der Waals surface area contributed by atoms with E-state index in [1.54, 1.807) is 6.92 Å². The highest BCUT2D eigenvalue weighted by molar-refractivity contribution is 7.89. The molecule has 1 saturated carbocycles. The maximum Gasteiger partial charge on any atom is 0.275 e. The first-order valence-corrected chi connectivity index (χ1v) is 10.5. The standard InChI is InChI=1S/C18H20F4N4O3S/c1-4-10-5-11(6-13(19)23-10)24-16(27)15-14(20)12(7-26(15)3)30(28,29)25-17(2)8-18(21,22)9-17/h5-7,25H,4,8-9H2,1-3H3,(H,23,24,27). The van der Waals surface area contributed by atoms with Crippen LogP contribution >= 0.6 is 0 Å². The minimum absolute atomic E-state index is 0.0247. The van der Waals surface area contributed by atoms with Crippen molar-refractivity contribution in [1.29, 1.82) is 0 Å². The third-order valence-corrected chi connectivity index (χ3v) is 6.36. The number of carbonyl (C=O) groups excluding carboxylic acids is 1. The van der Waals surface area contributed by atoms with Crippen LogP contribution in [0, 0.1) is 11.8 Å². The summed E-state index contributed by atoms with van der Waals surface area (Å²) in [6.07, 6.45) is -0.162. The Hall–Kier alpha value is -2.47. The monoisotopic (exact) mass is 448 g/mol. The molecule has 2 heterocycles. The number of rotatable bonds is 6. The largest absolute Gasteiger partial charge is 0.343 e. The molecule has 0 saturated heterocycles. The number of nitrogens with one attached hydrogen (secondary N) is 2. The van der Waals surface area contributed by atoms with Crippen molar-refractivity contribution in [2.45, 2.75) is 49.5 Å². The van der Waals surface area contributed by atoms with Crippen LogP contribution < -0.4 is 10.0 Å². The number of hydrogen-bond acceptors (Lipinski definition) is 4. The van der Waals surface area contributed by atoms with Gasteiger partial charge in [-0.05, 0) is 19.4 Å². The highest BCUT2D eigenvalue weighted by atomic mass is 32.2. The number of anilines is 1. The van der Waals surface area contributed by atoms with Crippen LogP contribution in [-0.4, -0.2) is 35.3 Å². The lowest BCUT2D eigenvalue weighted by atomic mass is 9.76. The van der Waals surface area contributed by atoms with E-state index >= 15 is 0 Å². The lowest BCUT2D eigenvalue weighted by Crippen LogP contribution is -2.60. The fourth-order valence-corrected chi connectivity index (χ4v) is 5.08. The molecule has 2 aromatic rings. The third kappa shape index (κ3) is 4.33. The highest BCUT2D eigenvalue weighted by Crippen LogP contribution is 2.46. The average molecular weight is 448 g/mol. The first-order chi connectivity index (χ1) is 13.8. The molecule has 0 unspecified atom stereocenters. The first kappa shape index (κ1) is 22.2. The van der Waals surface area contributed by atoms with Gasteiger partial charge in [0.2, 0.25) is 16.0 Å². The molecular weight excluding hydrogens is 428 g/mol. The van der Waals surface area contributed by atoms with E-state index < -0.39 is 62.6 Å². The van der Waals surface area contributed by atoms with Crippen LogP contribution in [0.25, 0.3) is 0 Å². The number of amides is 1. The Morgan fingerprint density at radius 1 is 1.27 bits per heavy atom. The van der Waals surface area contributed by atoms with E-state index in [2.05, 4.69) is 15.0 Å². The molecule has 2 aromatic heterocycles. The predicted octanol–water partition coefficient (Wildman–Crippen LogP) is 2.98. The second-order valence-electron chi connectivity index (χ2n) is 7.62. The van der Waals surface area contributed by atoms with Gasteiger partial charge in [-0.15, -0.1) is 0 Å². The maximum atomic E-state index is 14.9. The van der Waals surface area contributed by atoms with Crippen molar-refractivity contribution < 1.29 is 30.8 Å². The molecule has 1 fully saturated rings. The van der Waals surface area contributed by atoms with Crippen molar-refractivity contribution in [2.75, 3.05) is 5.32 Å². The SMILES string of the molecule is CCc1cc(NC(=O)c2c(F)c(S(=O)(=O)NC3(C)CC(F)(F)C3)cn2C)cc(F)n1. The summed E-state index contributed by atoms with van der Waals surface area (Å²) in [5, 5.41) is 2.31. The van der Waals surface area contributed by atoms with Crippen LogP contribution in [0.3, 0.4) is 0 Å². The van der Waals surface area contributed by atoms with Gasteiger partial charge in [0.25, 0.3) is 11.8 Å². The Bertz CT molecular complexity index is 1110. The van der Waals surface area contributed by atoms with Crippen LogP contribution in [0.5, 0.6) is 0 Å². The smallest absolute Gasteiger partial charge is 0.275 e. The van der Waals surface area contributed by atoms with Crippen molar-refractivity contribution in [3.05, 3.63) is 41.5 Å². The van der Waals surface area contributed by atoms with Gasteiger partial charge in [0.15, 0.2) is 5.82 Å². The van der Waals surface area contributed by atoms with E-state index in [4.69, 9.17) is 0 Å². The number of alkyl halides is 2. The number of hydrogen-bond donors (Lipinski definition) is 2. The summed E-state index contributed by atoms with van der Waals surface area (Å²) >= 11 is 0. The molecule has 0 spiro atoms. The summed E-state index contributed by atoms with van der Waals surface area (Å²) in [4.78, 5) is 15.3. The quantitative estimate of drug-likeness (QED) is 0.525. The summed E-state index contributed by atoms with van der Waals surface area (Å²) in [5.74, 6) is -6.18. The fraction of sp³-hybridized carbons (Fsp3) is 0.444. The number of pyridine rings is 1. The minimum Gasteiger partial charge on any atom is -0.343 e. The van der Waals surface area contributed by atoms with Crippen molar-refractivity contribution in [3.63, 3.8) is 0 Å². The van der Waals surface area contributed by atoms with Gasteiger partial charge in [-0.3, -0.25) is 4.79 Å². The first-order valence-electron chi connectivity index (χ1n) is 9.00. The molecule has 1 amide bonds. The summed E-state index contributed by atoms with van der Waals surface area (Å²) in [5.41, 5.74) is -1.65. The van der Waals surface area contributed by atoms with E-state index in [1.807, 2.05) is 0 Å². The molecule has 0 atom stereocenters. The summed E-state index contributed by atoms with van der Waals surface area (Å²) in [6.45, 7) is 3.02. The average Bonchev–Trinajstić information content (AvgIpc) is 2.86. The zero-order valence-electron chi connectivity index (χ0n) is 16.4. The Morgan fingerprint density at radius 3 is 2.47 bits per heavy atom. The third-order valence-electron chi connectivity index (χ3n) is 4.74. The zero-order chi connectivity index (χ0) is 22.5. The number of nitrogens with zero attached hydrogens (tertiary/aromatic N) is 2. The Labute approximate surface area is 170 Å². The molecule has 7 nitrogen and oxygen atoms in total. The Morgan fingerprint density at radius 2 is 1.90 bits per heavy atom. The molecule has 0 bridgehead atoms. The number of sulfonamides is 1. The number of aromatic nitrogens is 2. The van der Waals surface area contributed by atoms with E-state index in [-0.39, 0.29) is 5.69 Å². The normalized spacial score (nSPS) is 17.4. The van der Waals surface area contributed by atoms with E-state index in [1.165, 1.54) is 20.0 Å². The van der Waals surface area contributed by atoms with Crippen molar-refractivity contribution >= 4 is 21.6 Å². The molecule has 0 aromatic carbocycles. The molecule has 164 valence electrons. The van der Waals surface area contributed by atoms with Crippen molar-refractivity contribution in [2.24, 2.45) is 7.05 Å². The molecule has 2 N–H and O–H groups in total. The van der Waals surface area contributed by atoms with Crippen LogP contribution in [0.2, 0.25) is 0 Å². The molecule has 1 aliphatic carbocycles. The summed E-state index contributed by atoms with van der Waals surface area (Å²) < 4.78 is 82.9. The van der Waals surface area contributed by atoms with Gasteiger partial charge in [-0.1, -0.05) is 6.92 Å². The van der Waals surface area contributed by atoms with Gasteiger partial charge >= 0.3 is 0 Å². The van der Waals surface area contributed by atoms with E-state index in [0.717, 1.165) is 16.8 Å². The Kier molecular flexibility index (Phi) is 5.44. The summed E-state index contributed by atoms with van der Waals surface area (Å²) in [7, 11) is -3.26. The van der Waals surface area contributed by atoms with Crippen molar-refractivity contribution in [1.82, 2.24) is 14.3 Å². The van der Waals surface area contributed by atoms with Gasteiger partial charge in [-0.2, -0.15) is 4.39 Å². The molecular formula is C18H20F4N4O3S. The molecule has 0 radical (unpaired) electrons. The van der Waals surface area contributed by atoms with Gasteiger partial charge < -0.3 is 9.88 Å². The lowest BCUT2D eigenvalue weighted by molar-refractivity contribution is -0.121. The lowest BCUT2D eigenvalue weighted by Gasteiger charge is -2.44. The van der Waals surface area contributed by atoms with Gasteiger partial charge in [0, 0.05) is 49.1 Å². The number of aryl methyl sites for hydroxylation is 2. The van der Waals surface area contributed by atoms with Crippen LogP contribution in [0.1, 0.15) is 42.9 Å². The van der Waals surface area contributed by atoms with Gasteiger partial charge in [-0.25, -0.2) is 31.3 Å². The number of halogens is 4. The van der Waals surface area contributed by atoms with Gasteiger partial charge in [0.1, 0.15) is 10.6 Å². The summed E-state index contributed by atoms with van der Waals surface area (Å²) in [6, 6.07) is 2.34. The predicted molar refractivity (Wildman–Crippen MR) is 99.8 cm³/mol. The second kappa shape index (κ2) is 7.34. The molecule has 0 aliphatic heterocycles. The van der Waals surface area contributed by atoms with Crippen LogP contribution in [-0.2, 0) is 23.5 Å². The second-order valence-corrected chi connectivity index (χ2v) is 9.27. The highest BCUT2D eigenvalue weighted by Gasteiger charge is 2.55. The van der Waals surface area contributed by atoms with E-state index in [9.17, 15) is 30.8 Å². The Balaban J connectivity index is 1.86. The minimum atomic E-state index is -4.51. The van der Waals surface area contributed by atoms with Crippen LogP contribution in [0.15, 0.2) is 23.2 Å².